The number of para-hydroxylation sites is 1. The number of rotatable bonds is 8. The van der Waals surface area contributed by atoms with Crippen LogP contribution in [-0.4, -0.2) is 42.1 Å². The van der Waals surface area contributed by atoms with E-state index in [4.69, 9.17) is 9.47 Å². The van der Waals surface area contributed by atoms with Gasteiger partial charge in [-0.15, -0.1) is 0 Å². The molecule has 0 aliphatic rings. The van der Waals surface area contributed by atoms with E-state index in [1.165, 1.54) is 0 Å². The van der Waals surface area contributed by atoms with Crippen molar-refractivity contribution in [3.63, 3.8) is 0 Å². The third kappa shape index (κ3) is 4.78. The van der Waals surface area contributed by atoms with Crippen molar-refractivity contribution in [3.05, 3.63) is 58.9 Å². The number of aliphatic hydroxyl groups is 1. The summed E-state index contributed by atoms with van der Waals surface area (Å²) in [7, 11) is 3.33. The SMILES string of the molecule is COc1ccc2cc(-c3ccccc3OCC(O)CNC(C)C)n(C)c(=O)c2c1. The van der Waals surface area contributed by atoms with E-state index in [-0.39, 0.29) is 12.2 Å². The van der Waals surface area contributed by atoms with E-state index < -0.39 is 6.10 Å². The third-order valence-electron chi connectivity index (χ3n) is 4.81. The third-order valence-corrected chi connectivity index (χ3v) is 4.81. The predicted octanol–water partition coefficient (Wildman–Crippen LogP) is 2.95. The summed E-state index contributed by atoms with van der Waals surface area (Å²) in [6.45, 7) is 4.67. The molecule has 1 aromatic heterocycles. The molecule has 29 heavy (non-hydrogen) atoms. The van der Waals surface area contributed by atoms with Gasteiger partial charge in [0, 0.05) is 25.2 Å². The van der Waals surface area contributed by atoms with Crippen LogP contribution in [0.1, 0.15) is 13.8 Å². The van der Waals surface area contributed by atoms with Crippen LogP contribution >= 0.6 is 0 Å². The Labute approximate surface area is 170 Å². The lowest BCUT2D eigenvalue weighted by molar-refractivity contribution is 0.105. The Morgan fingerprint density at radius 2 is 1.90 bits per heavy atom. The minimum absolute atomic E-state index is 0.104. The highest BCUT2D eigenvalue weighted by atomic mass is 16.5. The lowest BCUT2D eigenvalue weighted by Crippen LogP contribution is -2.35. The fraction of sp³-hybridized carbons (Fsp3) is 0.348. The first-order valence-electron chi connectivity index (χ1n) is 9.72. The van der Waals surface area contributed by atoms with Gasteiger partial charge in [0.1, 0.15) is 24.2 Å². The molecule has 6 heteroatoms. The molecule has 0 bridgehead atoms. The Balaban J connectivity index is 1.94. The van der Waals surface area contributed by atoms with Crippen LogP contribution in [0, 0.1) is 0 Å². The molecule has 154 valence electrons. The highest BCUT2D eigenvalue weighted by molar-refractivity contribution is 5.87. The fourth-order valence-electron chi connectivity index (χ4n) is 3.19. The second-order valence-electron chi connectivity index (χ2n) is 7.37. The number of fused-ring (bicyclic) bond motifs is 1. The summed E-state index contributed by atoms with van der Waals surface area (Å²) >= 11 is 0. The fourth-order valence-corrected chi connectivity index (χ4v) is 3.19. The number of hydrogen-bond acceptors (Lipinski definition) is 5. The number of nitrogens with one attached hydrogen (secondary N) is 1. The zero-order chi connectivity index (χ0) is 21.0. The molecule has 1 atom stereocenters. The summed E-state index contributed by atoms with van der Waals surface area (Å²) in [5.74, 6) is 1.27. The largest absolute Gasteiger partial charge is 0.497 e. The Morgan fingerprint density at radius 1 is 1.14 bits per heavy atom. The van der Waals surface area contributed by atoms with Crippen LogP contribution in [0.15, 0.2) is 53.3 Å². The molecule has 2 aromatic carbocycles. The second kappa shape index (κ2) is 9.11. The van der Waals surface area contributed by atoms with Crippen LogP contribution in [0.2, 0.25) is 0 Å². The molecule has 0 radical (unpaired) electrons. The van der Waals surface area contributed by atoms with Gasteiger partial charge in [-0.1, -0.05) is 32.0 Å². The van der Waals surface area contributed by atoms with Crippen LogP contribution in [0.5, 0.6) is 11.5 Å². The highest BCUT2D eigenvalue weighted by Gasteiger charge is 2.14. The number of ether oxygens (including phenoxy) is 2. The molecule has 0 aliphatic carbocycles. The monoisotopic (exact) mass is 396 g/mol. The van der Waals surface area contributed by atoms with Gasteiger partial charge in [0.2, 0.25) is 0 Å². The molecule has 1 unspecified atom stereocenters. The zero-order valence-corrected chi connectivity index (χ0v) is 17.3. The van der Waals surface area contributed by atoms with Crippen molar-refractivity contribution in [2.24, 2.45) is 7.05 Å². The van der Waals surface area contributed by atoms with Crippen molar-refractivity contribution in [2.75, 3.05) is 20.3 Å². The van der Waals surface area contributed by atoms with Crippen LogP contribution in [0.4, 0.5) is 0 Å². The molecular formula is C23H28N2O4. The molecule has 3 aromatic rings. The maximum Gasteiger partial charge on any atom is 0.258 e. The Kier molecular flexibility index (Phi) is 6.56. The van der Waals surface area contributed by atoms with Gasteiger partial charge < -0.3 is 24.5 Å². The lowest BCUT2D eigenvalue weighted by Gasteiger charge is -2.18. The van der Waals surface area contributed by atoms with Crippen molar-refractivity contribution < 1.29 is 14.6 Å². The molecule has 6 nitrogen and oxygen atoms in total. The first-order chi connectivity index (χ1) is 13.9. The van der Waals surface area contributed by atoms with Crippen molar-refractivity contribution in [2.45, 2.75) is 26.0 Å². The Bertz CT molecular complexity index is 1040. The van der Waals surface area contributed by atoms with E-state index in [1.54, 1.807) is 24.8 Å². The quantitative estimate of drug-likeness (QED) is 0.613. The van der Waals surface area contributed by atoms with Crippen LogP contribution in [0.3, 0.4) is 0 Å². The van der Waals surface area contributed by atoms with E-state index in [2.05, 4.69) is 5.32 Å². The average molecular weight is 396 g/mol. The van der Waals surface area contributed by atoms with E-state index in [1.807, 2.05) is 56.3 Å². The maximum absolute atomic E-state index is 12.9. The molecule has 3 rings (SSSR count). The van der Waals surface area contributed by atoms with Gasteiger partial charge in [-0.2, -0.15) is 0 Å². The van der Waals surface area contributed by atoms with Crippen molar-refractivity contribution in [3.8, 4) is 22.8 Å². The van der Waals surface area contributed by atoms with Crippen LogP contribution in [-0.2, 0) is 7.05 Å². The number of nitrogens with zero attached hydrogens (tertiary/aromatic N) is 1. The molecule has 0 amide bonds. The first kappa shape index (κ1) is 20.9. The molecule has 1 heterocycles. The molecule has 0 saturated heterocycles. The highest BCUT2D eigenvalue weighted by Crippen LogP contribution is 2.31. The Hall–Kier alpha value is -2.83. The number of aromatic nitrogens is 1. The first-order valence-corrected chi connectivity index (χ1v) is 9.72. The molecule has 0 spiro atoms. The predicted molar refractivity (Wildman–Crippen MR) is 116 cm³/mol. The topological polar surface area (TPSA) is 72.7 Å². The maximum atomic E-state index is 12.9. The molecular weight excluding hydrogens is 368 g/mol. The molecule has 2 N–H and O–H groups in total. The normalized spacial score (nSPS) is 12.3. The summed E-state index contributed by atoms with van der Waals surface area (Å²) in [5, 5.41) is 14.8. The summed E-state index contributed by atoms with van der Waals surface area (Å²) in [6.07, 6.45) is -0.627. The van der Waals surface area contributed by atoms with Gasteiger partial charge in [-0.25, -0.2) is 0 Å². The van der Waals surface area contributed by atoms with Crippen molar-refractivity contribution in [1.82, 2.24) is 9.88 Å². The molecule has 0 saturated carbocycles. The lowest BCUT2D eigenvalue weighted by atomic mass is 10.1. The van der Waals surface area contributed by atoms with Gasteiger partial charge in [-0.05, 0) is 35.7 Å². The van der Waals surface area contributed by atoms with Gasteiger partial charge in [0.05, 0.1) is 18.2 Å². The number of benzene rings is 2. The number of hydrogen-bond donors (Lipinski definition) is 2. The minimum Gasteiger partial charge on any atom is -0.497 e. The standard InChI is InChI=1S/C23H28N2O4/c1-15(2)24-13-17(26)14-29-22-8-6-5-7-19(22)21-11-16-9-10-18(28-4)12-20(16)23(27)25(21)3/h5-12,15,17,24,26H,13-14H2,1-4H3. The van der Waals surface area contributed by atoms with Crippen LogP contribution < -0.4 is 20.3 Å². The van der Waals surface area contributed by atoms with Crippen LogP contribution in [0.25, 0.3) is 22.0 Å². The zero-order valence-electron chi connectivity index (χ0n) is 17.3. The average Bonchev–Trinajstić information content (AvgIpc) is 2.73. The second-order valence-corrected chi connectivity index (χ2v) is 7.37. The van der Waals surface area contributed by atoms with Crippen molar-refractivity contribution >= 4 is 10.8 Å². The summed E-state index contributed by atoms with van der Waals surface area (Å²) in [6, 6.07) is 15.3. The van der Waals surface area contributed by atoms with Gasteiger partial charge >= 0.3 is 0 Å². The summed E-state index contributed by atoms with van der Waals surface area (Å²) < 4.78 is 12.8. The van der Waals surface area contributed by atoms with E-state index in [0.717, 1.165) is 16.6 Å². The van der Waals surface area contributed by atoms with Gasteiger partial charge in [0.15, 0.2) is 0 Å². The van der Waals surface area contributed by atoms with E-state index >= 15 is 0 Å². The summed E-state index contributed by atoms with van der Waals surface area (Å²) in [4.78, 5) is 12.9. The van der Waals surface area contributed by atoms with Gasteiger partial charge in [0.25, 0.3) is 5.56 Å². The number of pyridine rings is 1. The smallest absolute Gasteiger partial charge is 0.258 e. The van der Waals surface area contributed by atoms with Crippen molar-refractivity contribution in [1.29, 1.82) is 0 Å². The summed E-state index contributed by atoms with van der Waals surface area (Å²) in [5.41, 5.74) is 1.44. The molecule has 0 aliphatic heterocycles. The van der Waals surface area contributed by atoms with Gasteiger partial charge in [-0.3, -0.25) is 4.79 Å². The number of aliphatic hydroxyl groups excluding tert-OH is 1. The van der Waals surface area contributed by atoms with E-state index in [9.17, 15) is 9.90 Å². The minimum atomic E-state index is -0.627. The number of methoxy groups -OCH3 is 1. The molecule has 0 fully saturated rings. The van der Waals surface area contributed by atoms with E-state index in [0.29, 0.717) is 29.5 Å². The Morgan fingerprint density at radius 3 is 2.62 bits per heavy atom.